The van der Waals surface area contributed by atoms with E-state index in [0.29, 0.717) is 16.6 Å². The first-order valence-electron chi connectivity index (χ1n) is 6.06. The van der Waals surface area contributed by atoms with Crippen LogP contribution in [0.15, 0.2) is 18.3 Å². The van der Waals surface area contributed by atoms with Crippen LogP contribution < -0.4 is 5.32 Å². The number of halogens is 1. The maximum Gasteiger partial charge on any atom is 0.252 e. The maximum absolute atomic E-state index is 11.8. The highest BCUT2D eigenvalue weighted by Crippen LogP contribution is 2.30. The molecular formula is C13H17ClN2O. The summed E-state index contributed by atoms with van der Waals surface area (Å²) in [7, 11) is 0. The molecule has 1 N–H and O–H groups in total. The normalized spacial score (nSPS) is 23.6. The van der Waals surface area contributed by atoms with Crippen molar-refractivity contribution >= 4 is 17.5 Å². The van der Waals surface area contributed by atoms with Crippen LogP contribution in [0, 0.1) is 11.8 Å². The van der Waals surface area contributed by atoms with E-state index in [1.165, 1.54) is 25.5 Å². The van der Waals surface area contributed by atoms with Gasteiger partial charge in [0.15, 0.2) is 0 Å². The number of carbonyl (C=O) groups excluding carboxylic acids is 1. The van der Waals surface area contributed by atoms with Gasteiger partial charge in [-0.25, -0.2) is 4.98 Å². The smallest absolute Gasteiger partial charge is 0.252 e. The van der Waals surface area contributed by atoms with Gasteiger partial charge in [0.05, 0.1) is 5.56 Å². The Morgan fingerprint density at radius 1 is 1.53 bits per heavy atom. The highest BCUT2D eigenvalue weighted by molar-refractivity contribution is 6.29. The summed E-state index contributed by atoms with van der Waals surface area (Å²) in [6.45, 7) is 3.02. The third-order valence-corrected chi connectivity index (χ3v) is 3.78. The van der Waals surface area contributed by atoms with Crippen molar-refractivity contribution in [2.45, 2.75) is 26.2 Å². The van der Waals surface area contributed by atoms with Crippen LogP contribution in [0.1, 0.15) is 36.5 Å². The Bertz CT molecular complexity index is 391. The van der Waals surface area contributed by atoms with Crippen molar-refractivity contribution in [1.82, 2.24) is 10.3 Å². The minimum atomic E-state index is -0.0618. The third-order valence-electron chi connectivity index (χ3n) is 3.55. The van der Waals surface area contributed by atoms with Crippen LogP contribution in [0.3, 0.4) is 0 Å². The van der Waals surface area contributed by atoms with Gasteiger partial charge in [-0.05, 0) is 30.4 Å². The lowest BCUT2D eigenvalue weighted by Crippen LogP contribution is -2.30. The molecule has 3 nitrogen and oxygen atoms in total. The van der Waals surface area contributed by atoms with Crippen molar-refractivity contribution in [1.29, 1.82) is 0 Å². The molecular weight excluding hydrogens is 236 g/mol. The molecule has 1 heterocycles. The topological polar surface area (TPSA) is 42.0 Å². The van der Waals surface area contributed by atoms with Gasteiger partial charge in [-0.1, -0.05) is 31.4 Å². The fourth-order valence-corrected chi connectivity index (χ4v) is 2.47. The monoisotopic (exact) mass is 252 g/mol. The number of carbonyl (C=O) groups is 1. The van der Waals surface area contributed by atoms with E-state index in [2.05, 4.69) is 17.2 Å². The molecule has 1 aliphatic rings. The molecule has 17 heavy (non-hydrogen) atoms. The molecule has 92 valence electrons. The molecule has 0 aromatic carbocycles. The molecule has 1 aromatic heterocycles. The number of rotatable bonds is 3. The van der Waals surface area contributed by atoms with Crippen molar-refractivity contribution in [2.24, 2.45) is 11.8 Å². The molecule has 0 aliphatic heterocycles. The number of pyridine rings is 1. The molecule has 2 atom stereocenters. The highest BCUT2D eigenvalue weighted by atomic mass is 35.5. The van der Waals surface area contributed by atoms with Gasteiger partial charge in [-0.2, -0.15) is 0 Å². The zero-order chi connectivity index (χ0) is 12.3. The highest BCUT2D eigenvalue weighted by Gasteiger charge is 2.23. The summed E-state index contributed by atoms with van der Waals surface area (Å²) in [4.78, 5) is 15.7. The van der Waals surface area contributed by atoms with Gasteiger partial charge in [-0.3, -0.25) is 4.79 Å². The van der Waals surface area contributed by atoms with Crippen molar-refractivity contribution in [2.75, 3.05) is 6.54 Å². The predicted molar refractivity (Wildman–Crippen MR) is 68.1 cm³/mol. The molecule has 1 aromatic rings. The molecule has 2 unspecified atom stereocenters. The number of aromatic nitrogens is 1. The van der Waals surface area contributed by atoms with E-state index in [9.17, 15) is 4.79 Å². The Labute approximate surface area is 107 Å². The average Bonchev–Trinajstić information content (AvgIpc) is 2.73. The standard InChI is InChI=1S/C13H17ClN2O/c1-9-3-2-4-10(9)7-16-13(17)11-5-6-12(14)15-8-11/h5-6,8-10H,2-4,7H2,1H3,(H,16,17). The zero-order valence-corrected chi connectivity index (χ0v) is 10.7. The summed E-state index contributed by atoms with van der Waals surface area (Å²) in [5, 5.41) is 3.38. The number of hydrogen-bond acceptors (Lipinski definition) is 2. The molecule has 0 radical (unpaired) electrons. The van der Waals surface area contributed by atoms with Gasteiger partial charge < -0.3 is 5.32 Å². The minimum Gasteiger partial charge on any atom is -0.352 e. The Morgan fingerprint density at radius 2 is 2.35 bits per heavy atom. The SMILES string of the molecule is CC1CCCC1CNC(=O)c1ccc(Cl)nc1. The number of nitrogens with one attached hydrogen (secondary N) is 1. The fraction of sp³-hybridized carbons (Fsp3) is 0.538. The van der Waals surface area contributed by atoms with Gasteiger partial charge in [0, 0.05) is 12.7 Å². The Morgan fingerprint density at radius 3 is 2.94 bits per heavy atom. The van der Waals surface area contributed by atoms with Crippen molar-refractivity contribution in [3.63, 3.8) is 0 Å². The molecule has 0 spiro atoms. The Kier molecular flexibility index (Phi) is 4.00. The number of amides is 1. The Balaban J connectivity index is 1.87. The average molecular weight is 253 g/mol. The molecule has 1 amide bonds. The van der Waals surface area contributed by atoms with Crippen LogP contribution in [-0.4, -0.2) is 17.4 Å². The molecule has 0 saturated heterocycles. The second-order valence-electron chi connectivity index (χ2n) is 4.75. The predicted octanol–water partition coefficient (Wildman–Crippen LogP) is 2.90. The molecule has 0 bridgehead atoms. The molecule has 4 heteroatoms. The van der Waals surface area contributed by atoms with Gasteiger partial charge >= 0.3 is 0 Å². The van der Waals surface area contributed by atoms with Crippen LogP contribution >= 0.6 is 11.6 Å². The molecule has 1 aliphatic carbocycles. The zero-order valence-electron chi connectivity index (χ0n) is 9.95. The van der Waals surface area contributed by atoms with E-state index in [-0.39, 0.29) is 5.91 Å². The summed E-state index contributed by atoms with van der Waals surface area (Å²) in [5.41, 5.74) is 0.569. The third kappa shape index (κ3) is 3.19. The van der Waals surface area contributed by atoms with Gasteiger partial charge in [-0.15, -0.1) is 0 Å². The van der Waals surface area contributed by atoms with Crippen LogP contribution in [0.25, 0.3) is 0 Å². The lowest BCUT2D eigenvalue weighted by atomic mass is 9.98. The lowest BCUT2D eigenvalue weighted by Gasteiger charge is -2.15. The van der Waals surface area contributed by atoms with Gasteiger partial charge in [0.1, 0.15) is 5.15 Å². The van der Waals surface area contributed by atoms with Crippen LogP contribution in [0.2, 0.25) is 5.15 Å². The van der Waals surface area contributed by atoms with Crippen molar-refractivity contribution < 1.29 is 4.79 Å². The first-order chi connectivity index (χ1) is 8.16. The molecule has 1 saturated carbocycles. The fourth-order valence-electron chi connectivity index (χ4n) is 2.36. The summed E-state index contributed by atoms with van der Waals surface area (Å²) in [6.07, 6.45) is 5.29. The molecule has 1 fully saturated rings. The second-order valence-corrected chi connectivity index (χ2v) is 5.14. The van der Waals surface area contributed by atoms with Gasteiger partial charge in [0.2, 0.25) is 0 Å². The van der Waals surface area contributed by atoms with E-state index in [4.69, 9.17) is 11.6 Å². The quantitative estimate of drug-likeness (QED) is 0.841. The summed E-state index contributed by atoms with van der Waals surface area (Å²) in [5.74, 6) is 1.28. The largest absolute Gasteiger partial charge is 0.352 e. The van der Waals surface area contributed by atoms with E-state index in [1.54, 1.807) is 12.1 Å². The minimum absolute atomic E-state index is 0.0618. The summed E-state index contributed by atoms with van der Waals surface area (Å²) >= 11 is 5.67. The van der Waals surface area contributed by atoms with Crippen LogP contribution in [0.4, 0.5) is 0 Å². The number of hydrogen-bond donors (Lipinski definition) is 1. The second kappa shape index (κ2) is 5.50. The number of nitrogens with zero attached hydrogens (tertiary/aromatic N) is 1. The van der Waals surface area contributed by atoms with Crippen molar-refractivity contribution in [3.05, 3.63) is 29.0 Å². The lowest BCUT2D eigenvalue weighted by molar-refractivity contribution is 0.0944. The molecule has 2 rings (SSSR count). The van der Waals surface area contributed by atoms with Gasteiger partial charge in [0.25, 0.3) is 5.91 Å². The maximum atomic E-state index is 11.8. The van der Waals surface area contributed by atoms with E-state index in [0.717, 1.165) is 12.5 Å². The first-order valence-corrected chi connectivity index (χ1v) is 6.44. The van der Waals surface area contributed by atoms with E-state index < -0.39 is 0 Å². The summed E-state index contributed by atoms with van der Waals surface area (Å²) in [6, 6.07) is 3.33. The van der Waals surface area contributed by atoms with Crippen LogP contribution in [0.5, 0.6) is 0 Å². The van der Waals surface area contributed by atoms with E-state index >= 15 is 0 Å². The van der Waals surface area contributed by atoms with E-state index in [1.807, 2.05) is 0 Å². The van der Waals surface area contributed by atoms with Crippen LogP contribution in [-0.2, 0) is 0 Å². The Hall–Kier alpha value is -1.09. The van der Waals surface area contributed by atoms with Crippen molar-refractivity contribution in [3.8, 4) is 0 Å². The first kappa shape index (κ1) is 12.4. The summed E-state index contributed by atoms with van der Waals surface area (Å²) < 4.78 is 0.